The minimum atomic E-state index is -3.41. The number of amides is 1. The van der Waals surface area contributed by atoms with Crippen LogP contribution in [0.25, 0.3) is 0 Å². The summed E-state index contributed by atoms with van der Waals surface area (Å²) in [6.45, 7) is 2.23. The topological polar surface area (TPSA) is 66.5 Å². The summed E-state index contributed by atoms with van der Waals surface area (Å²) in [7, 11) is -0.425. The molecule has 118 valence electrons. The normalized spacial score (nSPS) is 11.6. The molecule has 0 saturated heterocycles. The lowest BCUT2D eigenvalue weighted by molar-refractivity contribution is 0.0951. The number of thiophene rings is 1. The predicted molar refractivity (Wildman–Crippen MR) is 87.5 cm³/mol. The van der Waals surface area contributed by atoms with Gasteiger partial charge in [0.2, 0.25) is 0 Å². The molecular formula is C15H18N2O3S2. The summed E-state index contributed by atoms with van der Waals surface area (Å²) in [4.78, 5) is 12.8. The minimum Gasteiger partial charge on any atom is -0.347 e. The van der Waals surface area contributed by atoms with E-state index in [1.807, 2.05) is 25.1 Å². The molecule has 0 saturated carbocycles. The van der Waals surface area contributed by atoms with E-state index >= 15 is 0 Å². The summed E-state index contributed by atoms with van der Waals surface area (Å²) in [6.07, 6.45) is 0. The molecule has 0 aliphatic carbocycles. The number of carbonyl (C=O) groups excluding carboxylic acids is 1. The molecule has 0 bridgehead atoms. The van der Waals surface area contributed by atoms with E-state index in [1.165, 1.54) is 18.4 Å². The van der Waals surface area contributed by atoms with Crippen molar-refractivity contribution in [2.24, 2.45) is 0 Å². The molecule has 1 aromatic carbocycles. The van der Waals surface area contributed by atoms with Gasteiger partial charge in [-0.05, 0) is 31.2 Å². The summed E-state index contributed by atoms with van der Waals surface area (Å²) >= 11 is 1.16. The number of aryl methyl sites for hydroxylation is 1. The number of benzene rings is 1. The third kappa shape index (κ3) is 3.73. The number of hydrogen-bond donors (Lipinski definition) is 1. The van der Waals surface area contributed by atoms with E-state index in [9.17, 15) is 13.2 Å². The van der Waals surface area contributed by atoms with Crippen molar-refractivity contribution in [3.05, 3.63) is 52.4 Å². The van der Waals surface area contributed by atoms with E-state index in [4.69, 9.17) is 0 Å². The highest BCUT2D eigenvalue weighted by Gasteiger charge is 2.19. The second kappa shape index (κ2) is 6.60. The monoisotopic (exact) mass is 338 g/mol. The van der Waals surface area contributed by atoms with Gasteiger partial charge in [-0.25, -0.2) is 12.7 Å². The van der Waals surface area contributed by atoms with Gasteiger partial charge in [0, 0.05) is 24.5 Å². The molecule has 7 heteroatoms. The quantitative estimate of drug-likeness (QED) is 0.909. The Morgan fingerprint density at radius 2 is 1.95 bits per heavy atom. The molecule has 0 atom stereocenters. The van der Waals surface area contributed by atoms with Crippen LogP contribution in [0.3, 0.4) is 0 Å². The number of rotatable bonds is 5. The number of sulfonamides is 1. The maximum atomic E-state index is 12.0. The highest BCUT2D eigenvalue weighted by Crippen LogP contribution is 2.23. The molecule has 22 heavy (non-hydrogen) atoms. The molecule has 0 fully saturated rings. The zero-order chi connectivity index (χ0) is 16.3. The minimum absolute atomic E-state index is 0.172. The molecule has 2 aromatic rings. The predicted octanol–water partition coefficient (Wildman–Crippen LogP) is 2.24. The Bertz CT molecular complexity index is 780. The second-order valence-electron chi connectivity index (χ2n) is 5.06. The Balaban J connectivity index is 2.04. The smallest absolute Gasteiger partial charge is 0.252 e. The van der Waals surface area contributed by atoms with Crippen molar-refractivity contribution >= 4 is 27.3 Å². The van der Waals surface area contributed by atoms with Crippen molar-refractivity contribution in [2.75, 3.05) is 14.1 Å². The Morgan fingerprint density at radius 1 is 1.23 bits per heavy atom. The number of nitrogens with zero attached hydrogens (tertiary/aromatic N) is 1. The summed E-state index contributed by atoms with van der Waals surface area (Å²) < 4.78 is 25.4. The molecule has 0 aliphatic heterocycles. The fourth-order valence-corrected chi connectivity index (χ4v) is 4.29. The molecule has 1 amide bonds. The van der Waals surface area contributed by atoms with Crippen molar-refractivity contribution in [3.63, 3.8) is 0 Å². The highest BCUT2D eigenvalue weighted by molar-refractivity contribution is 7.91. The van der Waals surface area contributed by atoms with E-state index in [0.717, 1.165) is 21.8 Å². The van der Waals surface area contributed by atoms with E-state index < -0.39 is 10.0 Å². The van der Waals surface area contributed by atoms with Crippen LogP contribution in [0, 0.1) is 6.92 Å². The molecule has 5 nitrogen and oxygen atoms in total. The highest BCUT2D eigenvalue weighted by atomic mass is 32.2. The van der Waals surface area contributed by atoms with Gasteiger partial charge in [0.05, 0.1) is 6.54 Å². The molecular weight excluding hydrogens is 320 g/mol. The van der Waals surface area contributed by atoms with Gasteiger partial charge in [-0.1, -0.05) is 17.7 Å². The van der Waals surface area contributed by atoms with Crippen LogP contribution in [0.5, 0.6) is 0 Å². The maximum Gasteiger partial charge on any atom is 0.252 e. The first kappa shape index (κ1) is 16.7. The number of carbonyl (C=O) groups is 1. The molecule has 0 radical (unpaired) electrons. The summed E-state index contributed by atoms with van der Waals surface area (Å²) in [5, 5.41) is 2.80. The van der Waals surface area contributed by atoms with Crippen LogP contribution in [0.1, 0.15) is 20.8 Å². The fourth-order valence-electron chi connectivity index (χ4n) is 1.83. The van der Waals surface area contributed by atoms with Gasteiger partial charge in [-0.3, -0.25) is 4.79 Å². The first-order valence-electron chi connectivity index (χ1n) is 6.67. The third-order valence-electron chi connectivity index (χ3n) is 3.08. The van der Waals surface area contributed by atoms with Gasteiger partial charge in [-0.2, -0.15) is 0 Å². The average molecular weight is 338 g/mol. The van der Waals surface area contributed by atoms with Crippen molar-refractivity contribution in [3.8, 4) is 0 Å². The summed E-state index contributed by atoms with van der Waals surface area (Å²) in [5.41, 5.74) is 1.61. The molecule has 1 aromatic heterocycles. The van der Waals surface area contributed by atoms with Gasteiger partial charge in [0.1, 0.15) is 4.21 Å². The Morgan fingerprint density at radius 3 is 2.59 bits per heavy atom. The average Bonchev–Trinajstić information content (AvgIpc) is 2.94. The van der Waals surface area contributed by atoms with Crippen LogP contribution < -0.4 is 5.32 Å². The molecule has 0 unspecified atom stereocenters. The van der Waals surface area contributed by atoms with Gasteiger partial charge in [0.15, 0.2) is 0 Å². The van der Waals surface area contributed by atoms with Crippen molar-refractivity contribution < 1.29 is 13.2 Å². The second-order valence-corrected chi connectivity index (χ2v) is 8.61. The largest absolute Gasteiger partial charge is 0.347 e. The van der Waals surface area contributed by atoms with Crippen molar-refractivity contribution in [1.29, 1.82) is 0 Å². The number of nitrogens with one attached hydrogen (secondary N) is 1. The maximum absolute atomic E-state index is 12.0. The molecule has 2 rings (SSSR count). The van der Waals surface area contributed by atoms with Crippen LogP contribution in [-0.4, -0.2) is 32.7 Å². The molecule has 1 N–H and O–H groups in total. The standard InChI is InChI=1S/C15H18N2O3S2/c1-11-5-4-6-12(9-11)15(18)16-10-13-7-8-14(21-13)22(19,20)17(2)3/h4-9H,10H2,1-3H3,(H,16,18). The molecule has 0 spiro atoms. The summed E-state index contributed by atoms with van der Waals surface area (Å²) in [6, 6.07) is 10.6. The first-order valence-corrected chi connectivity index (χ1v) is 8.92. The van der Waals surface area contributed by atoms with Crippen LogP contribution in [0.15, 0.2) is 40.6 Å². The van der Waals surface area contributed by atoms with E-state index in [0.29, 0.717) is 12.1 Å². The Hall–Kier alpha value is -1.70. The Kier molecular flexibility index (Phi) is 5.00. The first-order chi connectivity index (χ1) is 10.3. The zero-order valence-electron chi connectivity index (χ0n) is 12.7. The number of hydrogen-bond acceptors (Lipinski definition) is 4. The Labute approximate surface area is 134 Å². The van der Waals surface area contributed by atoms with Crippen LogP contribution in [-0.2, 0) is 16.6 Å². The van der Waals surface area contributed by atoms with Crippen LogP contribution >= 0.6 is 11.3 Å². The van der Waals surface area contributed by atoms with E-state index in [1.54, 1.807) is 18.2 Å². The van der Waals surface area contributed by atoms with Crippen molar-refractivity contribution in [2.45, 2.75) is 17.7 Å². The van der Waals surface area contributed by atoms with E-state index in [2.05, 4.69) is 5.32 Å². The lowest BCUT2D eigenvalue weighted by Crippen LogP contribution is -2.22. The lowest BCUT2D eigenvalue weighted by atomic mass is 10.1. The van der Waals surface area contributed by atoms with Crippen molar-refractivity contribution in [1.82, 2.24) is 9.62 Å². The summed E-state index contributed by atoms with van der Waals surface area (Å²) in [5.74, 6) is -0.172. The lowest BCUT2D eigenvalue weighted by Gasteiger charge is -2.08. The van der Waals surface area contributed by atoms with Gasteiger partial charge in [0.25, 0.3) is 15.9 Å². The third-order valence-corrected chi connectivity index (χ3v) is 6.44. The zero-order valence-corrected chi connectivity index (χ0v) is 14.3. The van der Waals surface area contributed by atoms with Gasteiger partial charge in [-0.15, -0.1) is 11.3 Å². The SMILES string of the molecule is Cc1cccc(C(=O)NCc2ccc(S(=O)(=O)N(C)C)s2)c1. The molecule has 0 aliphatic rings. The van der Waals surface area contributed by atoms with Gasteiger partial charge < -0.3 is 5.32 Å². The fraction of sp³-hybridized carbons (Fsp3) is 0.267. The van der Waals surface area contributed by atoms with Gasteiger partial charge >= 0.3 is 0 Å². The van der Waals surface area contributed by atoms with Crippen LogP contribution in [0.4, 0.5) is 0 Å². The van der Waals surface area contributed by atoms with Crippen LogP contribution in [0.2, 0.25) is 0 Å². The van der Waals surface area contributed by atoms with E-state index in [-0.39, 0.29) is 10.1 Å². The molecule has 1 heterocycles.